The van der Waals surface area contributed by atoms with Crippen molar-refractivity contribution >= 4 is 5.97 Å². The zero-order chi connectivity index (χ0) is 14.0. The Balaban J connectivity index is 2.25. The van der Waals surface area contributed by atoms with Crippen molar-refractivity contribution in [2.45, 2.75) is 57.5 Å². The highest BCUT2D eigenvalue weighted by atomic mass is 16.4. The van der Waals surface area contributed by atoms with Gasteiger partial charge >= 0.3 is 5.97 Å². The highest BCUT2D eigenvalue weighted by Crippen LogP contribution is 2.38. The van der Waals surface area contributed by atoms with Gasteiger partial charge in [0, 0.05) is 5.69 Å². The Morgan fingerprint density at radius 3 is 2.79 bits per heavy atom. The first kappa shape index (κ1) is 14.1. The summed E-state index contributed by atoms with van der Waals surface area (Å²) in [4.78, 5) is 11.5. The molecule has 0 radical (unpaired) electrons. The summed E-state index contributed by atoms with van der Waals surface area (Å²) in [6.45, 7) is 4.21. The lowest BCUT2D eigenvalue weighted by molar-refractivity contribution is -0.144. The first-order chi connectivity index (χ1) is 9.06. The number of likely N-dealkylation sites (N-methyl/N-ethyl adjacent to an activating group) is 1. The number of carboxylic acid groups (broad SMARTS) is 1. The molecular weight excluding hydrogens is 242 g/mol. The van der Waals surface area contributed by atoms with Crippen LogP contribution in [0.15, 0.2) is 6.07 Å². The van der Waals surface area contributed by atoms with E-state index in [0.29, 0.717) is 12.8 Å². The highest BCUT2D eigenvalue weighted by Gasteiger charge is 2.45. The Bertz CT molecular complexity index is 469. The SMILES string of the molecule is CCc1cc(CC)n(C2CCC(NC)(C(=O)O)C2)n1. The van der Waals surface area contributed by atoms with Gasteiger partial charge in [0.2, 0.25) is 0 Å². The van der Waals surface area contributed by atoms with Crippen molar-refractivity contribution < 1.29 is 9.90 Å². The van der Waals surface area contributed by atoms with Gasteiger partial charge < -0.3 is 10.4 Å². The predicted octanol–water partition coefficient (Wildman–Crippen LogP) is 1.78. The second-order valence-electron chi connectivity index (χ2n) is 5.31. The Kier molecular flexibility index (Phi) is 3.94. The maximum Gasteiger partial charge on any atom is 0.323 e. The quantitative estimate of drug-likeness (QED) is 0.851. The molecule has 2 unspecified atom stereocenters. The Labute approximate surface area is 114 Å². The lowest BCUT2D eigenvalue weighted by Crippen LogP contribution is -2.48. The molecule has 0 amide bonds. The first-order valence-electron chi connectivity index (χ1n) is 7.06. The van der Waals surface area contributed by atoms with Crippen LogP contribution >= 0.6 is 0 Å². The fourth-order valence-corrected chi connectivity index (χ4v) is 3.00. The molecule has 1 aliphatic rings. The van der Waals surface area contributed by atoms with Crippen LogP contribution in [0.2, 0.25) is 0 Å². The number of rotatable bonds is 5. The maximum atomic E-state index is 11.5. The maximum absolute atomic E-state index is 11.5. The van der Waals surface area contributed by atoms with Crippen LogP contribution in [-0.4, -0.2) is 33.4 Å². The molecule has 0 spiro atoms. The molecule has 1 heterocycles. The Morgan fingerprint density at radius 1 is 1.58 bits per heavy atom. The Hall–Kier alpha value is -1.36. The summed E-state index contributed by atoms with van der Waals surface area (Å²) in [5, 5.41) is 17.0. The van der Waals surface area contributed by atoms with Crippen LogP contribution in [0.1, 0.15) is 50.5 Å². The van der Waals surface area contributed by atoms with Gasteiger partial charge in [0.05, 0.1) is 11.7 Å². The molecule has 5 nitrogen and oxygen atoms in total. The second kappa shape index (κ2) is 5.33. The fraction of sp³-hybridized carbons (Fsp3) is 0.714. The number of nitrogens with one attached hydrogen (secondary N) is 1. The zero-order valence-electron chi connectivity index (χ0n) is 11.9. The van der Waals surface area contributed by atoms with Gasteiger partial charge in [-0.1, -0.05) is 13.8 Å². The Morgan fingerprint density at radius 2 is 2.32 bits per heavy atom. The molecule has 19 heavy (non-hydrogen) atoms. The van der Waals surface area contributed by atoms with Crippen molar-refractivity contribution in [1.82, 2.24) is 15.1 Å². The number of carboxylic acids is 1. The summed E-state index contributed by atoms with van der Waals surface area (Å²) in [6, 6.07) is 2.33. The minimum atomic E-state index is -0.784. The van der Waals surface area contributed by atoms with Crippen LogP contribution in [0.5, 0.6) is 0 Å². The van der Waals surface area contributed by atoms with Gasteiger partial charge in [-0.05, 0) is 45.2 Å². The van der Waals surface area contributed by atoms with Gasteiger partial charge in [0.25, 0.3) is 0 Å². The molecule has 1 saturated carbocycles. The number of nitrogens with zero attached hydrogens (tertiary/aromatic N) is 2. The van der Waals surface area contributed by atoms with Crippen molar-refractivity contribution in [2.24, 2.45) is 0 Å². The molecule has 0 saturated heterocycles. The zero-order valence-corrected chi connectivity index (χ0v) is 11.9. The molecule has 5 heteroatoms. The van der Waals surface area contributed by atoms with Gasteiger partial charge in [-0.3, -0.25) is 9.48 Å². The second-order valence-corrected chi connectivity index (χ2v) is 5.31. The molecule has 106 valence electrons. The fourth-order valence-electron chi connectivity index (χ4n) is 3.00. The minimum Gasteiger partial charge on any atom is -0.480 e. The van der Waals surface area contributed by atoms with Gasteiger partial charge in [-0.2, -0.15) is 5.10 Å². The van der Waals surface area contributed by atoms with E-state index >= 15 is 0 Å². The number of hydrogen-bond acceptors (Lipinski definition) is 3. The molecule has 2 atom stereocenters. The summed E-state index contributed by atoms with van der Waals surface area (Å²) in [7, 11) is 1.73. The summed E-state index contributed by atoms with van der Waals surface area (Å²) in [6.07, 6.45) is 3.99. The summed E-state index contributed by atoms with van der Waals surface area (Å²) < 4.78 is 2.06. The average molecular weight is 265 g/mol. The van der Waals surface area contributed by atoms with E-state index in [0.717, 1.165) is 25.0 Å². The largest absolute Gasteiger partial charge is 0.480 e. The molecule has 0 aromatic carbocycles. The van der Waals surface area contributed by atoms with Crippen molar-refractivity contribution in [3.05, 3.63) is 17.5 Å². The molecule has 0 aliphatic heterocycles. The number of aliphatic carboxylic acids is 1. The minimum absolute atomic E-state index is 0.193. The van der Waals surface area contributed by atoms with Crippen LogP contribution in [-0.2, 0) is 17.6 Å². The predicted molar refractivity (Wildman–Crippen MR) is 73.3 cm³/mol. The van der Waals surface area contributed by atoms with E-state index in [1.807, 2.05) is 0 Å². The third-order valence-corrected chi connectivity index (χ3v) is 4.31. The molecule has 2 N–H and O–H groups in total. The number of carbonyl (C=O) groups is 1. The normalized spacial score (nSPS) is 26.8. The molecule has 1 aliphatic carbocycles. The van der Waals surface area contributed by atoms with E-state index < -0.39 is 11.5 Å². The van der Waals surface area contributed by atoms with Crippen LogP contribution in [0, 0.1) is 0 Å². The molecule has 1 aromatic heterocycles. The number of hydrogen-bond donors (Lipinski definition) is 2. The van der Waals surface area contributed by atoms with E-state index in [9.17, 15) is 9.90 Å². The van der Waals surface area contributed by atoms with Crippen molar-refractivity contribution in [2.75, 3.05) is 7.05 Å². The highest BCUT2D eigenvalue weighted by molar-refractivity contribution is 5.79. The summed E-state index contributed by atoms with van der Waals surface area (Å²) >= 11 is 0. The molecule has 1 fully saturated rings. The van der Waals surface area contributed by atoms with Crippen LogP contribution in [0.25, 0.3) is 0 Å². The smallest absolute Gasteiger partial charge is 0.323 e. The van der Waals surface area contributed by atoms with E-state index in [1.165, 1.54) is 5.69 Å². The lowest BCUT2D eigenvalue weighted by Gasteiger charge is -2.23. The average Bonchev–Trinajstić information content (AvgIpc) is 3.02. The van der Waals surface area contributed by atoms with E-state index in [4.69, 9.17) is 0 Å². The monoisotopic (exact) mass is 265 g/mol. The van der Waals surface area contributed by atoms with E-state index in [1.54, 1.807) is 7.05 Å². The molecular formula is C14H23N3O2. The van der Waals surface area contributed by atoms with Gasteiger partial charge in [-0.15, -0.1) is 0 Å². The third kappa shape index (κ3) is 2.39. The number of aromatic nitrogens is 2. The third-order valence-electron chi connectivity index (χ3n) is 4.31. The first-order valence-corrected chi connectivity index (χ1v) is 7.06. The van der Waals surface area contributed by atoms with E-state index in [-0.39, 0.29) is 6.04 Å². The molecule has 1 aromatic rings. The van der Waals surface area contributed by atoms with E-state index in [2.05, 4.69) is 35.0 Å². The molecule has 0 bridgehead atoms. The van der Waals surface area contributed by atoms with Gasteiger partial charge in [0.15, 0.2) is 0 Å². The standard InChI is InChI=1S/C14H23N3O2/c1-4-10-8-11(5-2)17(16-10)12-6-7-14(9-12,15-3)13(18)19/h8,12,15H,4-7,9H2,1-3H3,(H,18,19). The van der Waals surface area contributed by atoms with Crippen molar-refractivity contribution in [3.63, 3.8) is 0 Å². The van der Waals surface area contributed by atoms with Crippen molar-refractivity contribution in [3.8, 4) is 0 Å². The summed E-state index contributed by atoms with van der Waals surface area (Å²) in [5.41, 5.74) is 1.52. The van der Waals surface area contributed by atoms with Crippen LogP contribution < -0.4 is 5.32 Å². The summed E-state index contributed by atoms with van der Waals surface area (Å²) in [5.74, 6) is -0.751. The van der Waals surface area contributed by atoms with Crippen LogP contribution in [0.4, 0.5) is 0 Å². The molecule has 2 rings (SSSR count). The topological polar surface area (TPSA) is 67.2 Å². The lowest BCUT2D eigenvalue weighted by atomic mass is 9.98. The van der Waals surface area contributed by atoms with Gasteiger partial charge in [0.1, 0.15) is 5.54 Å². The van der Waals surface area contributed by atoms with Crippen molar-refractivity contribution in [1.29, 1.82) is 0 Å². The number of aryl methyl sites for hydroxylation is 2. The van der Waals surface area contributed by atoms with Gasteiger partial charge in [-0.25, -0.2) is 0 Å². The van der Waals surface area contributed by atoms with Crippen LogP contribution in [0.3, 0.4) is 0 Å².